The lowest BCUT2D eigenvalue weighted by atomic mass is 10.1. The van der Waals surface area contributed by atoms with E-state index in [1.807, 2.05) is 0 Å². The molecule has 2 aromatic rings. The predicted octanol–water partition coefficient (Wildman–Crippen LogP) is -0.385. The van der Waals surface area contributed by atoms with Crippen molar-refractivity contribution >= 4 is 46.4 Å². The standard InChI is InChI=1S/C28H37N7O13/c29-32-31-4-10-47-12-11-46-9-3-30-27(44)21-13-19-1-2-20(14-22(19)48-28(21)45)35(7-5-33(15-23(36)37)16-24(38)39)8-6-34(17-25(40)41)18-26(42)43/h1-2,13-14H,3-12,15-18H2,(H,30,44)(H,36,37)(H,38,39)(H,40,41)(H,42,43). The molecule has 1 aromatic carbocycles. The molecule has 48 heavy (non-hydrogen) atoms. The molecule has 0 fully saturated rings. The number of hydrogen-bond donors (Lipinski definition) is 5. The Hall–Kier alpha value is -5.27. The third kappa shape index (κ3) is 14.9. The van der Waals surface area contributed by atoms with Crippen LogP contribution in [0.25, 0.3) is 21.4 Å². The van der Waals surface area contributed by atoms with E-state index in [4.69, 9.17) is 19.4 Å². The van der Waals surface area contributed by atoms with Crippen molar-refractivity contribution in [2.75, 3.05) is 96.8 Å². The van der Waals surface area contributed by atoms with Crippen LogP contribution in [0.2, 0.25) is 0 Å². The lowest BCUT2D eigenvalue weighted by Crippen LogP contribution is -2.44. The number of nitrogens with zero attached hydrogens (tertiary/aromatic N) is 6. The number of hydrogen-bond acceptors (Lipinski definition) is 13. The van der Waals surface area contributed by atoms with E-state index in [1.54, 1.807) is 17.0 Å². The maximum atomic E-state index is 12.7. The van der Waals surface area contributed by atoms with Crippen molar-refractivity contribution in [3.05, 3.63) is 50.7 Å². The topological polar surface area (TPSA) is 285 Å². The maximum Gasteiger partial charge on any atom is 0.349 e. The second-order valence-corrected chi connectivity index (χ2v) is 10.1. The van der Waals surface area contributed by atoms with E-state index < -0.39 is 61.6 Å². The fourth-order valence-corrected chi connectivity index (χ4v) is 4.35. The van der Waals surface area contributed by atoms with E-state index in [0.717, 1.165) is 0 Å². The van der Waals surface area contributed by atoms with Crippen molar-refractivity contribution in [1.82, 2.24) is 15.1 Å². The zero-order valence-corrected chi connectivity index (χ0v) is 25.9. The molecule has 2 rings (SSSR count). The smallest absolute Gasteiger partial charge is 0.349 e. The molecule has 1 heterocycles. The molecule has 0 saturated carbocycles. The first-order valence-corrected chi connectivity index (χ1v) is 14.5. The first kappa shape index (κ1) is 38.9. The number of ether oxygens (including phenoxy) is 2. The quantitative estimate of drug-likeness (QED) is 0.0294. The average Bonchev–Trinajstić information content (AvgIpc) is 3.00. The number of aliphatic carboxylic acids is 4. The van der Waals surface area contributed by atoms with Crippen LogP contribution in [-0.4, -0.2) is 152 Å². The van der Waals surface area contributed by atoms with Crippen LogP contribution in [0, 0.1) is 0 Å². The lowest BCUT2D eigenvalue weighted by molar-refractivity contribution is -0.143. The number of azide groups is 1. The molecular formula is C28H37N7O13. The minimum Gasteiger partial charge on any atom is -0.480 e. The van der Waals surface area contributed by atoms with Gasteiger partial charge < -0.3 is 44.5 Å². The second-order valence-electron chi connectivity index (χ2n) is 10.1. The Morgan fingerprint density at radius 3 is 1.85 bits per heavy atom. The number of carbonyl (C=O) groups excluding carboxylic acids is 1. The van der Waals surface area contributed by atoms with Crippen LogP contribution in [0.15, 0.2) is 38.6 Å². The predicted molar refractivity (Wildman–Crippen MR) is 166 cm³/mol. The van der Waals surface area contributed by atoms with Crippen LogP contribution in [0.3, 0.4) is 0 Å². The normalized spacial score (nSPS) is 11.0. The molecule has 0 radical (unpaired) electrons. The van der Waals surface area contributed by atoms with Crippen molar-refractivity contribution in [3.8, 4) is 0 Å². The molecule has 0 atom stereocenters. The summed E-state index contributed by atoms with van der Waals surface area (Å²) in [5.41, 5.74) is 7.51. The number of carboxylic acid groups (broad SMARTS) is 4. The highest BCUT2D eigenvalue weighted by atomic mass is 16.5. The van der Waals surface area contributed by atoms with Crippen LogP contribution < -0.4 is 15.8 Å². The van der Waals surface area contributed by atoms with Crippen LogP contribution >= 0.6 is 0 Å². The number of amides is 1. The van der Waals surface area contributed by atoms with Gasteiger partial charge in [0.1, 0.15) is 11.1 Å². The molecule has 0 aliphatic carbocycles. The van der Waals surface area contributed by atoms with Gasteiger partial charge in [-0.1, -0.05) is 5.11 Å². The first-order chi connectivity index (χ1) is 22.9. The van der Waals surface area contributed by atoms with Gasteiger partial charge in [-0.25, -0.2) is 4.79 Å². The maximum absolute atomic E-state index is 12.7. The van der Waals surface area contributed by atoms with Crippen molar-refractivity contribution in [2.45, 2.75) is 0 Å². The molecule has 0 bridgehead atoms. The van der Waals surface area contributed by atoms with Gasteiger partial charge in [0.2, 0.25) is 0 Å². The van der Waals surface area contributed by atoms with E-state index in [1.165, 1.54) is 21.9 Å². The summed E-state index contributed by atoms with van der Waals surface area (Å²) >= 11 is 0. The summed E-state index contributed by atoms with van der Waals surface area (Å²) in [5, 5.41) is 43.0. The number of nitrogens with one attached hydrogen (secondary N) is 1. The van der Waals surface area contributed by atoms with Gasteiger partial charge in [0, 0.05) is 61.3 Å². The Labute approximate surface area is 272 Å². The zero-order valence-electron chi connectivity index (χ0n) is 25.9. The molecule has 0 aliphatic heterocycles. The number of rotatable bonds is 25. The molecule has 0 aliphatic rings. The molecule has 0 unspecified atom stereocenters. The fourth-order valence-electron chi connectivity index (χ4n) is 4.35. The SMILES string of the molecule is [N-]=[N+]=NCCOCCOCCNC(=O)c1cc2ccc(N(CCN(CC(=O)O)CC(=O)O)CCN(CC(=O)O)CC(=O)O)cc2oc1=O. The van der Waals surface area contributed by atoms with E-state index in [2.05, 4.69) is 15.3 Å². The van der Waals surface area contributed by atoms with Crippen LogP contribution in [-0.2, 0) is 28.7 Å². The highest BCUT2D eigenvalue weighted by molar-refractivity contribution is 5.97. The van der Waals surface area contributed by atoms with Gasteiger partial charge in [-0.2, -0.15) is 0 Å². The third-order valence-electron chi connectivity index (χ3n) is 6.44. The number of carboxylic acids is 4. The zero-order chi connectivity index (χ0) is 35.5. The van der Waals surface area contributed by atoms with Gasteiger partial charge in [0.25, 0.3) is 5.91 Å². The third-order valence-corrected chi connectivity index (χ3v) is 6.44. The Bertz CT molecular complexity index is 1450. The fraction of sp³-hybridized carbons (Fsp3) is 0.500. The second kappa shape index (κ2) is 20.8. The molecular weight excluding hydrogens is 642 g/mol. The molecule has 1 aromatic heterocycles. The van der Waals surface area contributed by atoms with Crippen molar-refractivity contribution in [2.24, 2.45) is 5.11 Å². The number of anilines is 1. The highest BCUT2D eigenvalue weighted by Crippen LogP contribution is 2.22. The molecule has 1 amide bonds. The largest absolute Gasteiger partial charge is 0.480 e. The van der Waals surface area contributed by atoms with E-state index in [-0.39, 0.29) is 76.8 Å². The van der Waals surface area contributed by atoms with Gasteiger partial charge in [-0.15, -0.1) is 0 Å². The number of carbonyl (C=O) groups is 5. The van der Waals surface area contributed by atoms with Gasteiger partial charge in [0.05, 0.1) is 52.6 Å². The van der Waals surface area contributed by atoms with E-state index >= 15 is 0 Å². The molecule has 0 spiro atoms. The molecule has 0 saturated heterocycles. The summed E-state index contributed by atoms with van der Waals surface area (Å²) in [6, 6.07) is 5.97. The Kier molecular flexibility index (Phi) is 16.8. The van der Waals surface area contributed by atoms with Gasteiger partial charge >= 0.3 is 29.5 Å². The molecule has 5 N–H and O–H groups in total. The van der Waals surface area contributed by atoms with Crippen molar-refractivity contribution in [1.29, 1.82) is 0 Å². The summed E-state index contributed by atoms with van der Waals surface area (Å²) in [4.78, 5) is 77.0. The van der Waals surface area contributed by atoms with Gasteiger partial charge in [-0.05, 0) is 23.7 Å². The van der Waals surface area contributed by atoms with Crippen molar-refractivity contribution < 1.29 is 58.3 Å². The summed E-state index contributed by atoms with van der Waals surface area (Å²) in [6.45, 7) is -1.13. The minimum absolute atomic E-state index is 0.0364. The van der Waals surface area contributed by atoms with Crippen molar-refractivity contribution in [3.63, 3.8) is 0 Å². The summed E-state index contributed by atoms with van der Waals surface area (Å²) in [6.07, 6.45) is 0. The first-order valence-electron chi connectivity index (χ1n) is 14.5. The Morgan fingerprint density at radius 2 is 1.33 bits per heavy atom. The lowest BCUT2D eigenvalue weighted by Gasteiger charge is -2.30. The molecule has 20 heteroatoms. The monoisotopic (exact) mass is 679 g/mol. The summed E-state index contributed by atoms with van der Waals surface area (Å²) < 4.78 is 15.9. The van der Waals surface area contributed by atoms with E-state index in [0.29, 0.717) is 11.1 Å². The summed E-state index contributed by atoms with van der Waals surface area (Å²) in [7, 11) is 0. The number of fused-ring (bicyclic) bond motifs is 1. The van der Waals surface area contributed by atoms with Crippen LogP contribution in [0.5, 0.6) is 0 Å². The van der Waals surface area contributed by atoms with Crippen LogP contribution in [0.4, 0.5) is 5.69 Å². The minimum atomic E-state index is -1.25. The van der Waals surface area contributed by atoms with Crippen LogP contribution in [0.1, 0.15) is 10.4 Å². The Morgan fingerprint density at radius 1 is 0.792 bits per heavy atom. The number of benzene rings is 1. The highest BCUT2D eigenvalue weighted by Gasteiger charge is 2.20. The molecule has 20 nitrogen and oxygen atoms in total. The van der Waals surface area contributed by atoms with Gasteiger partial charge in [0.15, 0.2) is 0 Å². The summed E-state index contributed by atoms with van der Waals surface area (Å²) in [5.74, 6) is -5.69. The Balaban J connectivity index is 2.17. The van der Waals surface area contributed by atoms with Gasteiger partial charge in [-0.3, -0.25) is 33.8 Å². The average molecular weight is 680 g/mol. The molecule has 262 valence electrons. The van der Waals surface area contributed by atoms with E-state index in [9.17, 15) is 49.2 Å².